The summed E-state index contributed by atoms with van der Waals surface area (Å²) in [6.07, 6.45) is 1.76. The van der Waals surface area contributed by atoms with Crippen LogP contribution in [0.3, 0.4) is 0 Å². The smallest absolute Gasteiger partial charge is 0.253 e. The second-order valence-electron chi connectivity index (χ2n) is 8.27. The maximum Gasteiger partial charge on any atom is 0.253 e. The minimum Gasteiger partial charge on any atom is -0.394 e. The second-order valence-corrected chi connectivity index (χ2v) is 8.27. The van der Waals surface area contributed by atoms with Crippen molar-refractivity contribution in [3.63, 3.8) is 0 Å². The molecule has 0 spiro atoms. The fraction of sp³-hybridized carbons (Fsp3) is 0.375. The zero-order chi connectivity index (χ0) is 21.4. The van der Waals surface area contributed by atoms with Gasteiger partial charge in [0.2, 0.25) is 5.91 Å². The Bertz CT molecular complexity index is 988. The van der Waals surface area contributed by atoms with Gasteiger partial charge in [-0.25, -0.2) is 0 Å². The first-order chi connectivity index (χ1) is 14.5. The first-order valence-corrected chi connectivity index (χ1v) is 10.2. The third-order valence-electron chi connectivity index (χ3n) is 6.08. The molecule has 0 radical (unpaired) electrons. The summed E-state index contributed by atoms with van der Waals surface area (Å²) in [5.74, 6) is -0.192. The van der Waals surface area contributed by atoms with E-state index in [-0.39, 0.29) is 36.3 Å². The first-order valence-electron chi connectivity index (χ1n) is 10.2. The standard InChI is InChI=1S/C24H25N3O3/c1-26(2)23(29)18-9-5-16(6-10-18)15-3-7-17(8-4-15)22-20(13-25)27(21(22)14-28)24(30)19-11-12-19/h3-10,19-22,28H,11-12,14H2,1-2H3/t20-,21+,22-/m1/s1. The molecule has 2 fully saturated rings. The maximum atomic E-state index is 12.5. The van der Waals surface area contributed by atoms with E-state index in [1.54, 1.807) is 23.9 Å². The number of hydrogen-bond acceptors (Lipinski definition) is 4. The van der Waals surface area contributed by atoms with Gasteiger partial charge in [-0.1, -0.05) is 36.4 Å². The van der Waals surface area contributed by atoms with Crippen molar-refractivity contribution in [1.29, 1.82) is 5.26 Å². The number of carbonyl (C=O) groups is 2. The molecule has 30 heavy (non-hydrogen) atoms. The number of carbonyl (C=O) groups excluding carboxylic acids is 2. The van der Waals surface area contributed by atoms with Gasteiger partial charge in [0.15, 0.2) is 0 Å². The summed E-state index contributed by atoms with van der Waals surface area (Å²) in [6, 6.07) is 16.7. The van der Waals surface area contributed by atoms with Crippen LogP contribution in [0.15, 0.2) is 48.5 Å². The summed E-state index contributed by atoms with van der Waals surface area (Å²) < 4.78 is 0. The number of likely N-dealkylation sites (tertiary alicyclic amines) is 1. The number of nitriles is 1. The van der Waals surface area contributed by atoms with E-state index < -0.39 is 6.04 Å². The van der Waals surface area contributed by atoms with E-state index in [0.717, 1.165) is 29.5 Å². The SMILES string of the molecule is CN(C)C(=O)c1ccc(-c2ccc([C@@H]3[C@@H](C#N)N(C(=O)C4CC4)[C@H]3CO)cc2)cc1. The molecule has 1 saturated carbocycles. The van der Waals surface area contributed by atoms with Gasteiger partial charge in [0.05, 0.1) is 18.7 Å². The third kappa shape index (κ3) is 3.46. The van der Waals surface area contributed by atoms with Crippen LogP contribution in [0.4, 0.5) is 0 Å². The van der Waals surface area contributed by atoms with Gasteiger partial charge >= 0.3 is 0 Å². The van der Waals surface area contributed by atoms with E-state index in [0.29, 0.717) is 5.56 Å². The van der Waals surface area contributed by atoms with E-state index in [1.165, 1.54) is 0 Å². The number of benzene rings is 2. The molecule has 1 aliphatic carbocycles. The topological polar surface area (TPSA) is 84.6 Å². The molecule has 1 N–H and O–H groups in total. The molecular weight excluding hydrogens is 378 g/mol. The van der Waals surface area contributed by atoms with E-state index in [2.05, 4.69) is 6.07 Å². The zero-order valence-electron chi connectivity index (χ0n) is 17.2. The van der Waals surface area contributed by atoms with Gasteiger partial charge in [-0.05, 0) is 41.7 Å². The predicted molar refractivity (Wildman–Crippen MR) is 112 cm³/mol. The van der Waals surface area contributed by atoms with E-state index >= 15 is 0 Å². The van der Waals surface area contributed by atoms with Crippen molar-refractivity contribution in [3.05, 3.63) is 59.7 Å². The molecule has 2 amide bonds. The summed E-state index contributed by atoms with van der Waals surface area (Å²) in [7, 11) is 3.45. The van der Waals surface area contributed by atoms with Crippen molar-refractivity contribution < 1.29 is 14.7 Å². The lowest BCUT2D eigenvalue weighted by atomic mass is 9.75. The molecule has 154 valence electrons. The van der Waals surface area contributed by atoms with E-state index in [4.69, 9.17) is 0 Å². The minimum atomic E-state index is -0.530. The van der Waals surface area contributed by atoms with Crippen LogP contribution in [0.2, 0.25) is 0 Å². The molecule has 6 heteroatoms. The number of aliphatic hydroxyl groups is 1. The average molecular weight is 403 g/mol. The van der Waals surface area contributed by atoms with Crippen LogP contribution >= 0.6 is 0 Å². The molecular formula is C24H25N3O3. The van der Waals surface area contributed by atoms with Gasteiger partial charge in [-0.15, -0.1) is 0 Å². The Morgan fingerprint density at radius 2 is 1.63 bits per heavy atom. The zero-order valence-corrected chi connectivity index (χ0v) is 17.2. The highest BCUT2D eigenvalue weighted by molar-refractivity contribution is 5.94. The lowest BCUT2D eigenvalue weighted by Crippen LogP contribution is -2.65. The van der Waals surface area contributed by atoms with Crippen molar-refractivity contribution in [2.24, 2.45) is 5.92 Å². The van der Waals surface area contributed by atoms with Crippen molar-refractivity contribution in [3.8, 4) is 17.2 Å². The predicted octanol–water partition coefficient (Wildman–Crippen LogP) is 2.64. The summed E-state index contributed by atoms with van der Waals surface area (Å²) in [5, 5.41) is 19.5. The summed E-state index contributed by atoms with van der Waals surface area (Å²) in [6.45, 7) is -0.148. The number of rotatable bonds is 5. The first kappa shape index (κ1) is 20.1. The lowest BCUT2D eigenvalue weighted by molar-refractivity contribution is -0.148. The number of nitrogens with zero attached hydrogens (tertiary/aromatic N) is 3. The Morgan fingerprint density at radius 1 is 1.07 bits per heavy atom. The summed E-state index contributed by atoms with van der Waals surface area (Å²) in [4.78, 5) is 27.7. The molecule has 1 saturated heterocycles. The Hall–Kier alpha value is -3.17. The molecule has 2 aromatic rings. The molecule has 3 atom stereocenters. The van der Waals surface area contributed by atoms with Crippen LogP contribution in [-0.4, -0.2) is 59.5 Å². The van der Waals surface area contributed by atoms with E-state index in [1.807, 2.05) is 48.5 Å². The van der Waals surface area contributed by atoms with Gasteiger partial charge in [0.1, 0.15) is 6.04 Å². The fourth-order valence-electron chi connectivity index (χ4n) is 4.21. The molecule has 2 aromatic carbocycles. The Balaban J connectivity index is 1.52. The number of hydrogen-bond donors (Lipinski definition) is 1. The Morgan fingerprint density at radius 3 is 2.10 bits per heavy atom. The normalized spacial score (nSPS) is 22.7. The average Bonchev–Trinajstić information content (AvgIpc) is 3.59. The van der Waals surface area contributed by atoms with Crippen LogP contribution in [-0.2, 0) is 4.79 Å². The van der Waals surface area contributed by atoms with E-state index in [9.17, 15) is 20.0 Å². The van der Waals surface area contributed by atoms with Crippen LogP contribution in [0.1, 0.15) is 34.7 Å². The molecule has 0 bridgehead atoms. The third-order valence-corrected chi connectivity index (χ3v) is 6.08. The molecule has 1 aliphatic heterocycles. The quantitative estimate of drug-likeness (QED) is 0.832. The number of aliphatic hydroxyl groups excluding tert-OH is 1. The van der Waals surface area contributed by atoms with Crippen LogP contribution in [0, 0.1) is 17.2 Å². The highest BCUT2D eigenvalue weighted by Crippen LogP contribution is 2.44. The van der Waals surface area contributed by atoms with Crippen molar-refractivity contribution in [2.75, 3.05) is 20.7 Å². The van der Waals surface area contributed by atoms with Gasteiger partial charge in [0.25, 0.3) is 5.91 Å². The summed E-state index contributed by atoms with van der Waals surface area (Å²) in [5.41, 5.74) is 3.58. The molecule has 0 aromatic heterocycles. The minimum absolute atomic E-state index is 0.000770. The highest BCUT2D eigenvalue weighted by atomic mass is 16.3. The molecule has 2 aliphatic rings. The van der Waals surface area contributed by atoms with Gasteiger partial charge in [-0.2, -0.15) is 5.26 Å². The monoisotopic (exact) mass is 403 g/mol. The molecule has 1 heterocycles. The van der Waals surface area contributed by atoms with Gasteiger partial charge in [0, 0.05) is 31.5 Å². The highest BCUT2D eigenvalue weighted by Gasteiger charge is 2.53. The Kier molecular flexibility index (Phi) is 5.31. The maximum absolute atomic E-state index is 12.5. The largest absolute Gasteiger partial charge is 0.394 e. The van der Waals surface area contributed by atoms with Crippen molar-refractivity contribution >= 4 is 11.8 Å². The molecule has 4 rings (SSSR count). The van der Waals surface area contributed by atoms with Crippen LogP contribution < -0.4 is 0 Å². The molecule has 0 unspecified atom stereocenters. The fourth-order valence-corrected chi connectivity index (χ4v) is 4.21. The van der Waals surface area contributed by atoms with Gasteiger partial charge < -0.3 is 14.9 Å². The number of amides is 2. The van der Waals surface area contributed by atoms with Gasteiger partial charge in [-0.3, -0.25) is 9.59 Å². The Labute approximate surface area is 176 Å². The van der Waals surface area contributed by atoms with Crippen molar-refractivity contribution in [1.82, 2.24) is 9.80 Å². The molecule has 6 nitrogen and oxygen atoms in total. The summed E-state index contributed by atoms with van der Waals surface area (Å²) >= 11 is 0. The van der Waals surface area contributed by atoms with Crippen molar-refractivity contribution in [2.45, 2.75) is 30.8 Å². The second kappa shape index (κ2) is 7.92. The lowest BCUT2D eigenvalue weighted by Gasteiger charge is -2.51. The van der Waals surface area contributed by atoms with Crippen LogP contribution in [0.5, 0.6) is 0 Å². The van der Waals surface area contributed by atoms with Crippen LogP contribution in [0.25, 0.3) is 11.1 Å².